The van der Waals surface area contributed by atoms with E-state index in [9.17, 15) is 5.11 Å². The maximum Gasteiger partial charge on any atom is 0.0794 e. The zero-order chi connectivity index (χ0) is 7.56. The van der Waals surface area contributed by atoms with E-state index in [-0.39, 0.29) is 12.0 Å². The number of rotatable bonds is 2. The molecule has 0 aromatic carbocycles. The molecule has 0 aliphatic rings. The SMILES string of the molecule is CC(O)C(C)c1cncs1. The Morgan fingerprint density at radius 2 is 2.30 bits per heavy atom. The predicted molar refractivity (Wildman–Crippen MR) is 42.2 cm³/mol. The molecule has 0 bridgehead atoms. The van der Waals surface area contributed by atoms with Crippen LogP contribution in [0.15, 0.2) is 11.7 Å². The van der Waals surface area contributed by atoms with Crippen LogP contribution < -0.4 is 0 Å². The van der Waals surface area contributed by atoms with Crippen LogP contribution in [0.1, 0.15) is 24.6 Å². The summed E-state index contributed by atoms with van der Waals surface area (Å²) in [4.78, 5) is 5.08. The van der Waals surface area contributed by atoms with Gasteiger partial charge in [-0.25, -0.2) is 0 Å². The molecule has 0 saturated heterocycles. The summed E-state index contributed by atoms with van der Waals surface area (Å²) in [6.45, 7) is 3.79. The monoisotopic (exact) mass is 157 g/mol. The Labute approximate surface area is 64.5 Å². The highest BCUT2D eigenvalue weighted by Gasteiger charge is 2.11. The Hall–Kier alpha value is -0.410. The molecule has 3 heteroatoms. The average Bonchev–Trinajstić information content (AvgIpc) is 2.36. The molecule has 0 fully saturated rings. The molecule has 1 N–H and O–H groups in total. The van der Waals surface area contributed by atoms with E-state index in [4.69, 9.17) is 0 Å². The molecule has 56 valence electrons. The van der Waals surface area contributed by atoms with Crippen molar-refractivity contribution in [3.05, 3.63) is 16.6 Å². The van der Waals surface area contributed by atoms with Gasteiger partial charge in [0.25, 0.3) is 0 Å². The van der Waals surface area contributed by atoms with E-state index in [2.05, 4.69) is 4.98 Å². The topological polar surface area (TPSA) is 33.1 Å². The van der Waals surface area contributed by atoms with E-state index >= 15 is 0 Å². The molecule has 2 unspecified atom stereocenters. The summed E-state index contributed by atoms with van der Waals surface area (Å²) in [5.41, 5.74) is 1.79. The standard InChI is InChI=1S/C7H11NOS/c1-5(6(2)9)7-3-8-4-10-7/h3-6,9H,1-2H3. The summed E-state index contributed by atoms with van der Waals surface area (Å²) in [5, 5.41) is 9.17. The molecule has 0 spiro atoms. The summed E-state index contributed by atoms with van der Waals surface area (Å²) in [7, 11) is 0. The summed E-state index contributed by atoms with van der Waals surface area (Å²) in [6.07, 6.45) is 1.53. The van der Waals surface area contributed by atoms with Crippen LogP contribution in [0.3, 0.4) is 0 Å². The van der Waals surface area contributed by atoms with Crippen LogP contribution in [0.4, 0.5) is 0 Å². The van der Waals surface area contributed by atoms with Gasteiger partial charge in [0.1, 0.15) is 0 Å². The fourth-order valence-corrected chi connectivity index (χ4v) is 1.46. The molecule has 0 aliphatic heterocycles. The first-order chi connectivity index (χ1) is 4.72. The maximum atomic E-state index is 9.17. The molecule has 1 rings (SSSR count). The second-order valence-electron chi connectivity index (χ2n) is 2.43. The Bertz CT molecular complexity index is 183. The normalized spacial score (nSPS) is 16.7. The summed E-state index contributed by atoms with van der Waals surface area (Å²) < 4.78 is 0. The zero-order valence-electron chi connectivity index (χ0n) is 6.11. The summed E-state index contributed by atoms with van der Waals surface area (Å²) in [5.74, 6) is 0.215. The van der Waals surface area contributed by atoms with Crippen LogP contribution in [0.5, 0.6) is 0 Å². The van der Waals surface area contributed by atoms with Crippen LogP contribution in [-0.2, 0) is 0 Å². The third-order valence-corrected chi connectivity index (χ3v) is 2.60. The van der Waals surface area contributed by atoms with Gasteiger partial charge in [-0.05, 0) is 6.92 Å². The second-order valence-corrected chi connectivity index (χ2v) is 3.35. The number of thiazole rings is 1. The Morgan fingerprint density at radius 1 is 1.60 bits per heavy atom. The van der Waals surface area contributed by atoms with E-state index in [0.29, 0.717) is 0 Å². The predicted octanol–water partition coefficient (Wildman–Crippen LogP) is 1.63. The Morgan fingerprint density at radius 3 is 2.70 bits per heavy atom. The second kappa shape index (κ2) is 3.12. The Kier molecular flexibility index (Phi) is 2.40. The van der Waals surface area contributed by atoms with Crippen LogP contribution in [0.2, 0.25) is 0 Å². The number of hydrogen-bond donors (Lipinski definition) is 1. The highest BCUT2D eigenvalue weighted by atomic mass is 32.1. The van der Waals surface area contributed by atoms with Crippen molar-refractivity contribution in [3.63, 3.8) is 0 Å². The van der Waals surface area contributed by atoms with Gasteiger partial charge < -0.3 is 5.11 Å². The van der Waals surface area contributed by atoms with Crippen molar-refractivity contribution in [2.75, 3.05) is 0 Å². The minimum atomic E-state index is -0.277. The van der Waals surface area contributed by atoms with Crippen molar-refractivity contribution in [1.29, 1.82) is 0 Å². The molecule has 10 heavy (non-hydrogen) atoms. The molecular formula is C7H11NOS. The highest BCUT2D eigenvalue weighted by Crippen LogP contribution is 2.21. The van der Waals surface area contributed by atoms with Crippen molar-refractivity contribution in [3.8, 4) is 0 Å². The number of aliphatic hydroxyl groups excluding tert-OH is 1. The van der Waals surface area contributed by atoms with Gasteiger partial charge in [0.05, 0.1) is 11.6 Å². The highest BCUT2D eigenvalue weighted by molar-refractivity contribution is 7.09. The lowest BCUT2D eigenvalue weighted by atomic mass is 10.1. The molecular weight excluding hydrogens is 146 g/mol. The molecule has 1 aromatic rings. The average molecular weight is 157 g/mol. The quantitative estimate of drug-likeness (QED) is 0.707. The van der Waals surface area contributed by atoms with E-state index in [0.717, 1.165) is 4.88 Å². The van der Waals surface area contributed by atoms with Crippen LogP contribution in [-0.4, -0.2) is 16.2 Å². The smallest absolute Gasteiger partial charge is 0.0794 e. The molecule has 0 saturated carbocycles. The Balaban J connectivity index is 2.68. The van der Waals surface area contributed by atoms with Gasteiger partial charge in [-0.1, -0.05) is 6.92 Å². The third kappa shape index (κ3) is 1.55. The molecule has 2 nitrogen and oxygen atoms in total. The maximum absolute atomic E-state index is 9.17. The van der Waals surface area contributed by atoms with Gasteiger partial charge in [-0.3, -0.25) is 4.98 Å². The fraction of sp³-hybridized carbons (Fsp3) is 0.571. The van der Waals surface area contributed by atoms with Crippen LogP contribution >= 0.6 is 11.3 Å². The van der Waals surface area contributed by atoms with Crippen LogP contribution in [0, 0.1) is 0 Å². The third-order valence-electron chi connectivity index (χ3n) is 1.62. The largest absolute Gasteiger partial charge is 0.393 e. The van der Waals surface area contributed by atoms with E-state index in [1.54, 1.807) is 23.8 Å². The van der Waals surface area contributed by atoms with Crippen molar-refractivity contribution in [1.82, 2.24) is 4.98 Å². The van der Waals surface area contributed by atoms with E-state index in [1.165, 1.54) is 0 Å². The van der Waals surface area contributed by atoms with Gasteiger partial charge in [0.2, 0.25) is 0 Å². The zero-order valence-corrected chi connectivity index (χ0v) is 6.93. The lowest BCUT2D eigenvalue weighted by Gasteiger charge is -2.10. The summed E-state index contributed by atoms with van der Waals surface area (Å²) in [6, 6.07) is 0. The number of aliphatic hydroxyl groups is 1. The molecule has 2 atom stereocenters. The van der Waals surface area contributed by atoms with Crippen molar-refractivity contribution in [2.45, 2.75) is 25.9 Å². The first-order valence-electron chi connectivity index (χ1n) is 3.28. The van der Waals surface area contributed by atoms with Gasteiger partial charge in [0, 0.05) is 17.0 Å². The van der Waals surface area contributed by atoms with Gasteiger partial charge in [-0.15, -0.1) is 11.3 Å². The first-order valence-corrected chi connectivity index (χ1v) is 4.16. The van der Waals surface area contributed by atoms with Gasteiger partial charge in [0.15, 0.2) is 0 Å². The first kappa shape index (κ1) is 7.69. The van der Waals surface area contributed by atoms with Crippen LogP contribution in [0.25, 0.3) is 0 Å². The van der Waals surface area contributed by atoms with Crippen molar-refractivity contribution in [2.24, 2.45) is 0 Å². The number of aromatic nitrogens is 1. The van der Waals surface area contributed by atoms with E-state index in [1.807, 2.05) is 13.1 Å². The molecule has 1 heterocycles. The van der Waals surface area contributed by atoms with Gasteiger partial charge in [-0.2, -0.15) is 0 Å². The molecule has 0 aliphatic carbocycles. The minimum absolute atomic E-state index is 0.215. The molecule has 0 radical (unpaired) electrons. The number of nitrogens with zero attached hydrogens (tertiary/aromatic N) is 1. The fourth-order valence-electron chi connectivity index (χ4n) is 0.688. The van der Waals surface area contributed by atoms with Gasteiger partial charge >= 0.3 is 0 Å². The molecule has 0 amide bonds. The molecule has 1 aromatic heterocycles. The number of hydrogen-bond acceptors (Lipinski definition) is 3. The van der Waals surface area contributed by atoms with E-state index < -0.39 is 0 Å². The summed E-state index contributed by atoms with van der Waals surface area (Å²) >= 11 is 1.59. The minimum Gasteiger partial charge on any atom is -0.393 e. The van der Waals surface area contributed by atoms with Crippen molar-refractivity contribution < 1.29 is 5.11 Å². The lowest BCUT2D eigenvalue weighted by Crippen LogP contribution is -2.09. The van der Waals surface area contributed by atoms with Crippen molar-refractivity contribution >= 4 is 11.3 Å². The lowest BCUT2D eigenvalue weighted by molar-refractivity contribution is 0.170.